The summed E-state index contributed by atoms with van der Waals surface area (Å²) in [6.45, 7) is 13.3. The number of nitrogens with zero attached hydrogens (tertiary/aromatic N) is 1. The van der Waals surface area contributed by atoms with Crippen LogP contribution in [0.2, 0.25) is 0 Å². The Morgan fingerprint density at radius 2 is 1.73 bits per heavy atom. The second kappa shape index (κ2) is 8.12. The molecular formula is C13H30N2. The van der Waals surface area contributed by atoms with Gasteiger partial charge in [-0.15, -0.1) is 0 Å². The number of nitrogens with two attached hydrogens (primary N) is 1. The van der Waals surface area contributed by atoms with E-state index in [2.05, 4.69) is 32.6 Å². The van der Waals surface area contributed by atoms with Crippen LogP contribution in [0.15, 0.2) is 0 Å². The third-order valence-corrected chi connectivity index (χ3v) is 2.98. The minimum Gasteiger partial charge on any atom is -0.330 e. The Kier molecular flexibility index (Phi) is 8.07. The molecule has 0 aliphatic carbocycles. The van der Waals surface area contributed by atoms with Crippen LogP contribution in [0.25, 0.3) is 0 Å². The van der Waals surface area contributed by atoms with Crippen LogP contribution in [-0.2, 0) is 0 Å². The fourth-order valence-electron chi connectivity index (χ4n) is 1.78. The van der Waals surface area contributed by atoms with Crippen molar-refractivity contribution < 1.29 is 0 Å². The Balaban J connectivity index is 3.72. The maximum atomic E-state index is 5.76. The number of unbranched alkanes of at least 4 members (excludes halogenated alkanes) is 3. The molecule has 0 saturated heterocycles. The molecule has 0 rings (SSSR count). The Morgan fingerprint density at radius 1 is 1.07 bits per heavy atom. The highest BCUT2D eigenvalue weighted by Gasteiger charge is 2.18. The van der Waals surface area contributed by atoms with Gasteiger partial charge >= 0.3 is 0 Å². The molecule has 0 radical (unpaired) electrons. The SMILES string of the molecule is CCCCCCN(CC)CC(C)(C)CN. The van der Waals surface area contributed by atoms with Crippen LogP contribution in [0.4, 0.5) is 0 Å². The van der Waals surface area contributed by atoms with Crippen molar-refractivity contribution in [3.05, 3.63) is 0 Å². The van der Waals surface area contributed by atoms with E-state index in [-0.39, 0.29) is 5.41 Å². The molecule has 0 unspecified atom stereocenters. The van der Waals surface area contributed by atoms with Crippen molar-refractivity contribution in [2.45, 2.75) is 53.4 Å². The van der Waals surface area contributed by atoms with Crippen molar-refractivity contribution in [2.75, 3.05) is 26.2 Å². The number of hydrogen-bond donors (Lipinski definition) is 1. The molecule has 15 heavy (non-hydrogen) atoms. The smallest absolute Gasteiger partial charge is 0.00446 e. The first kappa shape index (κ1) is 14.9. The van der Waals surface area contributed by atoms with Crippen LogP contribution in [-0.4, -0.2) is 31.1 Å². The van der Waals surface area contributed by atoms with Gasteiger partial charge in [-0.25, -0.2) is 0 Å². The first-order chi connectivity index (χ1) is 7.05. The van der Waals surface area contributed by atoms with Gasteiger partial charge in [-0.3, -0.25) is 0 Å². The molecule has 0 aromatic heterocycles. The van der Waals surface area contributed by atoms with E-state index in [1.807, 2.05) is 0 Å². The average molecular weight is 214 g/mol. The van der Waals surface area contributed by atoms with E-state index in [1.54, 1.807) is 0 Å². The summed E-state index contributed by atoms with van der Waals surface area (Å²) in [5, 5.41) is 0. The fraction of sp³-hybridized carbons (Fsp3) is 1.00. The molecule has 2 nitrogen and oxygen atoms in total. The molecule has 0 bridgehead atoms. The minimum atomic E-state index is 0.265. The Bertz CT molecular complexity index is 143. The van der Waals surface area contributed by atoms with Crippen molar-refractivity contribution in [3.63, 3.8) is 0 Å². The molecule has 92 valence electrons. The number of hydrogen-bond acceptors (Lipinski definition) is 2. The summed E-state index contributed by atoms with van der Waals surface area (Å²) in [6.07, 6.45) is 5.40. The largest absolute Gasteiger partial charge is 0.330 e. The molecule has 0 amide bonds. The van der Waals surface area contributed by atoms with E-state index in [9.17, 15) is 0 Å². The van der Waals surface area contributed by atoms with Crippen LogP contribution in [0.1, 0.15) is 53.4 Å². The molecular weight excluding hydrogens is 184 g/mol. The van der Waals surface area contributed by atoms with E-state index < -0.39 is 0 Å². The lowest BCUT2D eigenvalue weighted by molar-refractivity contribution is 0.187. The first-order valence-corrected chi connectivity index (χ1v) is 6.48. The fourth-order valence-corrected chi connectivity index (χ4v) is 1.78. The second-order valence-electron chi connectivity index (χ2n) is 5.30. The van der Waals surface area contributed by atoms with Crippen molar-refractivity contribution >= 4 is 0 Å². The van der Waals surface area contributed by atoms with E-state index in [4.69, 9.17) is 5.73 Å². The van der Waals surface area contributed by atoms with Gasteiger partial charge in [0.25, 0.3) is 0 Å². The van der Waals surface area contributed by atoms with E-state index in [1.165, 1.54) is 32.2 Å². The third kappa shape index (κ3) is 7.80. The monoisotopic (exact) mass is 214 g/mol. The molecule has 2 heteroatoms. The van der Waals surface area contributed by atoms with Gasteiger partial charge in [-0.05, 0) is 31.5 Å². The highest BCUT2D eigenvalue weighted by Crippen LogP contribution is 2.15. The molecule has 0 heterocycles. The van der Waals surface area contributed by atoms with Crippen LogP contribution >= 0.6 is 0 Å². The van der Waals surface area contributed by atoms with Gasteiger partial charge in [0.1, 0.15) is 0 Å². The molecule has 0 atom stereocenters. The van der Waals surface area contributed by atoms with E-state index >= 15 is 0 Å². The summed E-state index contributed by atoms with van der Waals surface area (Å²) < 4.78 is 0. The highest BCUT2D eigenvalue weighted by molar-refractivity contribution is 4.74. The summed E-state index contributed by atoms with van der Waals surface area (Å²) in [5.41, 5.74) is 6.02. The summed E-state index contributed by atoms with van der Waals surface area (Å²) in [7, 11) is 0. The zero-order valence-electron chi connectivity index (χ0n) is 11.2. The van der Waals surface area contributed by atoms with Crippen molar-refractivity contribution in [3.8, 4) is 0 Å². The summed E-state index contributed by atoms with van der Waals surface area (Å²) in [6, 6.07) is 0. The van der Waals surface area contributed by atoms with Crippen LogP contribution in [0, 0.1) is 5.41 Å². The standard InChI is InChI=1S/C13H30N2/c1-5-7-8-9-10-15(6-2)12-13(3,4)11-14/h5-12,14H2,1-4H3. The van der Waals surface area contributed by atoms with E-state index in [0.717, 1.165) is 19.6 Å². The molecule has 0 aliphatic heterocycles. The predicted octanol–water partition coefficient (Wildman–Crippen LogP) is 2.87. The topological polar surface area (TPSA) is 29.3 Å². The Hall–Kier alpha value is -0.0800. The van der Waals surface area contributed by atoms with Crippen LogP contribution in [0.5, 0.6) is 0 Å². The van der Waals surface area contributed by atoms with Crippen molar-refractivity contribution in [1.29, 1.82) is 0 Å². The van der Waals surface area contributed by atoms with Crippen LogP contribution in [0.3, 0.4) is 0 Å². The highest BCUT2D eigenvalue weighted by atomic mass is 15.1. The normalized spacial score (nSPS) is 12.4. The molecule has 0 saturated carbocycles. The third-order valence-electron chi connectivity index (χ3n) is 2.98. The molecule has 2 N–H and O–H groups in total. The molecule has 0 spiro atoms. The second-order valence-corrected chi connectivity index (χ2v) is 5.30. The minimum absolute atomic E-state index is 0.265. The van der Waals surface area contributed by atoms with Gasteiger partial charge < -0.3 is 10.6 Å². The first-order valence-electron chi connectivity index (χ1n) is 6.48. The van der Waals surface area contributed by atoms with Gasteiger partial charge in [-0.1, -0.05) is 47.0 Å². The quantitative estimate of drug-likeness (QED) is 0.598. The van der Waals surface area contributed by atoms with Gasteiger partial charge in [0.2, 0.25) is 0 Å². The lowest BCUT2D eigenvalue weighted by atomic mass is 9.93. The number of rotatable bonds is 9. The van der Waals surface area contributed by atoms with Gasteiger partial charge in [0.15, 0.2) is 0 Å². The summed E-state index contributed by atoms with van der Waals surface area (Å²) in [5.74, 6) is 0. The maximum absolute atomic E-state index is 5.76. The van der Waals surface area contributed by atoms with Crippen LogP contribution < -0.4 is 5.73 Å². The maximum Gasteiger partial charge on any atom is 0.00446 e. The van der Waals surface area contributed by atoms with E-state index in [0.29, 0.717) is 0 Å². The Labute approximate surface area is 96.2 Å². The van der Waals surface area contributed by atoms with Gasteiger partial charge in [-0.2, -0.15) is 0 Å². The summed E-state index contributed by atoms with van der Waals surface area (Å²) >= 11 is 0. The zero-order valence-corrected chi connectivity index (χ0v) is 11.2. The lowest BCUT2D eigenvalue weighted by Gasteiger charge is -2.31. The van der Waals surface area contributed by atoms with Crippen molar-refractivity contribution in [2.24, 2.45) is 11.1 Å². The Morgan fingerprint density at radius 3 is 2.20 bits per heavy atom. The lowest BCUT2D eigenvalue weighted by Crippen LogP contribution is -2.39. The molecule has 0 aromatic carbocycles. The van der Waals surface area contributed by atoms with Gasteiger partial charge in [0.05, 0.1) is 0 Å². The molecule has 0 aromatic rings. The molecule has 0 aliphatic rings. The summed E-state index contributed by atoms with van der Waals surface area (Å²) in [4.78, 5) is 2.53. The van der Waals surface area contributed by atoms with Crippen molar-refractivity contribution in [1.82, 2.24) is 4.90 Å². The predicted molar refractivity (Wildman–Crippen MR) is 69.1 cm³/mol. The molecule has 0 fully saturated rings. The average Bonchev–Trinajstić information content (AvgIpc) is 2.22. The van der Waals surface area contributed by atoms with Gasteiger partial charge in [0, 0.05) is 6.54 Å². The zero-order chi connectivity index (χ0) is 11.7.